The van der Waals surface area contributed by atoms with Crippen molar-refractivity contribution in [2.24, 2.45) is 0 Å². The predicted molar refractivity (Wildman–Crippen MR) is 76.8 cm³/mol. The molecule has 0 saturated carbocycles. The van der Waals surface area contributed by atoms with Gasteiger partial charge in [0.1, 0.15) is 5.75 Å². The van der Waals surface area contributed by atoms with E-state index in [9.17, 15) is 4.79 Å². The third kappa shape index (κ3) is 2.60. The second-order valence-corrected chi connectivity index (χ2v) is 4.59. The second kappa shape index (κ2) is 5.14. The number of methoxy groups -OCH3 is 1. The smallest absolute Gasteiger partial charge is 0.196 e. The van der Waals surface area contributed by atoms with E-state index in [2.05, 4.69) is 0 Å². The highest BCUT2D eigenvalue weighted by Gasteiger charge is 2.15. The zero-order valence-corrected chi connectivity index (χ0v) is 11.4. The lowest BCUT2D eigenvalue weighted by molar-refractivity contribution is 0.103. The van der Waals surface area contributed by atoms with Gasteiger partial charge in [0.25, 0.3) is 0 Å². The van der Waals surface area contributed by atoms with E-state index in [0.717, 1.165) is 11.1 Å². The summed E-state index contributed by atoms with van der Waals surface area (Å²) in [4.78, 5) is 12.5. The van der Waals surface area contributed by atoms with Gasteiger partial charge in [0.2, 0.25) is 0 Å². The first-order chi connectivity index (χ1) is 9.02. The summed E-state index contributed by atoms with van der Waals surface area (Å²) in [6.45, 7) is 4.01. The highest BCUT2D eigenvalue weighted by atomic mass is 16.5. The molecule has 0 aliphatic heterocycles. The number of benzene rings is 2. The summed E-state index contributed by atoms with van der Waals surface area (Å²) < 4.78 is 5.22. The van der Waals surface area contributed by atoms with E-state index in [0.29, 0.717) is 22.6 Å². The van der Waals surface area contributed by atoms with Crippen LogP contribution in [-0.2, 0) is 0 Å². The van der Waals surface area contributed by atoms with Crippen LogP contribution in [0.15, 0.2) is 36.4 Å². The molecule has 2 aromatic carbocycles. The van der Waals surface area contributed by atoms with Crippen LogP contribution >= 0.6 is 0 Å². The van der Waals surface area contributed by atoms with Gasteiger partial charge in [-0.3, -0.25) is 4.79 Å². The Labute approximate surface area is 113 Å². The Hall–Kier alpha value is -2.29. The monoisotopic (exact) mass is 255 g/mol. The number of anilines is 1. The molecule has 0 aromatic heterocycles. The van der Waals surface area contributed by atoms with E-state index in [1.165, 1.54) is 0 Å². The summed E-state index contributed by atoms with van der Waals surface area (Å²) in [5.74, 6) is 0.463. The number of ether oxygens (including phenoxy) is 1. The second-order valence-electron chi connectivity index (χ2n) is 4.59. The molecule has 19 heavy (non-hydrogen) atoms. The zero-order valence-electron chi connectivity index (χ0n) is 11.4. The van der Waals surface area contributed by atoms with E-state index >= 15 is 0 Å². The topological polar surface area (TPSA) is 52.3 Å². The molecule has 0 radical (unpaired) electrons. The third-order valence-corrected chi connectivity index (χ3v) is 3.24. The molecule has 0 unspecified atom stereocenters. The first-order valence-electron chi connectivity index (χ1n) is 6.08. The maximum Gasteiger partial charge on any atom is 0.196 e. The van der Waals surface area contributed by atoms with Gasteiger partial charge in [-0.15, -0.1) is 0 Å². The summed E-state index contributed by atoms with van der Waals surface area (Å²) in [6.07, 6.45) is 0. The third-order valence-electron chi connectivity index (χ3n) is 3.24. The van der Waals surface area contributed by atoms with Crippen molar-refractivity contribution in [1.82, 2.24) is 0 Å². The fraction of sp³-hybridized carbons (Fsp3) is 0.188. The fourth-order valence-electron chi connectivity index (χ4n) is 1.94. The lowest BCUT2D eigenvalue weighted by atomic mass is 9.98. The molecule has 2 rings (SSSR count). The Kier molecular flexibility index (Phi) is 3.56. The molecule has 3 nitrogen and oxygen atoms in total. The van der Waals surface area contributed by atoms with E-state index in [-0.39, 0.29) is 5.78 Å². The first-order valence-corrected chi connectivity index (χ1v) is 6.08. The van der Waals surface area contributed by atoms with Gasteiger partial charge in [0, 0.05) is 11.3 Å². The molecule has 2 N–H and O–H groups in total. The standard InChI is InChI=1S/C16H17NO2/c1-10-4-5-12(8-11(10)2)16(18)14-9-13(17)6-7-15(14)19-3/h4-9H,17H2,1-3H3. The number of nitrogen functional groups attached to an aromatic ring is 1. The quantitative estimate of drug-likeness (QED) is 0.677. The van der Waals surface area contributed by atoms with Gasteiger partial charge in [-0.1, -0.05) is 12.1 Å². The van der Waals surface area contributed by atoms with Crippen LogP contribution < -0.4 is 10.5 Å². The molecular weight excluding hydrogens is 238 g/mol. The first kappa shape index (κ1) is 13.1. The normalized spacial score (nSPS) is 10.3. The van der Waals surface area contributed by atoms with Crippen molar-refractivity contribution >= 4 is 11.5 Å². The largest absolute Gasteiger partial charge is 0.496 e. The number of ketones is 1. The zero-order chi connectivity index (χ0) is 14.0. The van der Waals surface area contributed by atoms with Crippen molar-refractivity contribution in [2.75, 3.05) is 12.8 Å². The van der Waals surface area contributed by atoms with Crippen LogP contribution in [0.2, 0.25) is 0 Å². The van der Waals surface area contributed by atoms with Gasteiger partial charge in [-0.25, -0.2) is 0 Å². The highest BCUT2D eigenvalue weighted by molar-refractivity contribution is 6.11. The molecule has 0 amide bonds. The molecule has 0 heterocycles. The van der Waals surface area contributed by atoms with Crippen LogP contribution in [-0.4, -0.2) is 12.9 Å². The Balaban J connectivity index is 2.49. The number of carbonyl (C=O) groups excluding carboxylic acids is 1. The maximum atomic E-state index is 12.5. The van der Waals surface area contributed by atoms with Crippen LogP contribution in [0.1, 0.15) is 27.0 Å². The molecule has 0 bridgehead atoms. The number of carbonyl (C=O) groups is 1. The van der Waals surface area contributed by atoms with Crippen LogP contribution in [0.5, 0.6) is 5.75 Å². The lowest BCUT2D eigenvalue weighted by Gasteiger charge is -2.09. The van der Waals surface area contributed by atoms with Crippen LogP contribution in [0, 0.1) is 13.8 Å². The van der Waals surface area contributed by atoms with Gasteiger partial charge >= 0.3 is 0 Å². The fourth-order valence-corrected chi connectivity index (χ4v) is 1.94. The van der Waals surface area contributed by atoms with Crippen molar-refractivity contribution in [3.63, 3.8) is 0 Å². The average Bonchev–Trinajstić information content (AvgIpc) is 2.41. The SMILES string of the molecule is COc1ccc(N)cc1C(=O)c1ccc(C)c(C)c1. The lowest BCUT2D eigenvalue weighted by Crippen LogP contribution is -2.05. The van der Waals surface area contributed by atoms with Gasteiger partial charge in [-0.2, -0.15) is 0 Å². The van der Waals surface area contributed by atoms with Crippen molar-refractivity contribution < 1.29 is 9.53 Å². The number of nitrogens with two attached hydrogens (primary N) is 1. The van der Waals surface area contributed by atoms with Crippen LogP contribution in [0.25, 0.3) is 0 Å². The summed E-state index contributed by atoms with van der Waals surface area (Å²) in [6, 6.07) is 10.7. The Bertz CT molecular complexity index is 633. The summed E-state index contributed by atoms with van der Waals surface area (Å²) >= 11 is 0. The summed E-state index contributed by atoms with van der Waals surface area (Å²) in [5, 5.41) is 0. The van der Waals surface area contributed by atoms with Gasteiger partial charge in [0.15, 0.2) is 5.78 Å². The van der Waals surface area contributed by atoms with Gasteiger partial charge < -0.3 is 10.5 Å². The average molecular weight is 255 g/mol. The van der Waals surface area contributed by atoms with E-state index in [1.807, 2.05) is 32.0 Å². The Morgan fingerprint density at radius 2 is 1.79 bits per heavy atom. The van der Waals surface area contributed by atoms with Crippen LogP contribution in [0.3, 0.4) is 0 Å². The molecule has 0 saturated heterocycles. The van der Waals surface area contributed by atoms with Gasteiger partial charge in [0.05, 0.1) is 12.7 Å². The number of rotatable bonds is 3. The molecule has 98 valence electrons. The Morgan fingerprint density at radius 1 is 1.05 bits per heavy atom. The summed E-state index contributed by atoms with van der Waals surface area (Å²) in [5.41, 5.74) is 9.68. The minimum absolute atomic E-state index is 0.0766. The van der Waals surface area contributed by atoms with Crippen LogP contribution in [0.4, 0.5) is 5.69 Å². The molecule has 0 spiro atoms. The molecule has 2 aromatic rings. The number of hydrogen-bond donors (Lipinski definition) is 1. The van der Waals surface area contributed by atoms with E-state index in [1.54, 1.807) is 25.3 Å². The highest BCUT2D eigenvalue weighted by Crippen LogP contribution is 2.24. The molecule has 0 fully saturated rings. The number of hydrogen-bond acceptors (Lipinski definition) is 3. The van der Waals surface area contributed by atoms with Gasteiger partial charge in [-0.05, 0) is 49.2 Å². The minimum Gasteiger partial charge on any atom is -0.496 e. The Morgan fingerprint density at radius 3 is 2.42 bits per heavy atom. The van der Waals surface area contributed by atoms with E-state index in [4.69, 9.17) is 10.5 Å². The summed E-state index contributed by atoms with van der Waals surface area (Å²) in [7, 11) is 1.54. The molecular formula is C16H17NO2. The van der Waals surface area contributed by atoms with E-state index < -0.39 is 0 Å². The minimum atomic E-state index is -0.0766. The van der Waals surface area contributed by atoms with Crippen molar-refractivity contribution in [3.8, 4) is 5.75 Å². The molecule has 0 aliphatic rings. The maximum absolute atomic E-state index is 12.5. The van der Waals surface area contributed by atoms with Crippen molar-refractivity contribution in [2.45, 2.75) is 13.8 Å². The van der Waals surface area contributed by atoms with Crippen molar-refractivity contribution in [3.05, 3.63) is 58.7 Å². The molecule has 0 atom stereocenters. The van der Waals surface area contributed by atoms with Crippen molar-refractivity contribution in [1.29, 1.82) is 0 Å². The molecule has 3 heteroatoms. The molecule has 0 aliphatic carbocycles. The predicted octanol–water partition coefficient (Wildman–Crippen LogP) is 3.13. The number of aryl methyl sites for hydroxylation is 2.